The van der Waals surface area contributed by atoms with E-state index in [2.05, 4.69) is 42.5 Å². The number of benzene rings is 4. The quantitative estimate of drug-likeness (QED) is 0.327. The Balaban J connectivity index is 2.12. The average molecular weight is 293 g/mol. The number of furan rings is 1. The molecular weight excluding hydrogens is 282 g/mol. The smallest absolute Gasteiger partial charge is 0.136 e. The van der Waals surface area contributed by atoms with Gasteiger partial charge in [-0.25, -0.2) is 0 Å². The van der Waals surface area contributed by atoms with Gasteiger partial charge in [0.1, 0.15) is 11.2 Å². The summed E-state index contributed by atoms with van der Waals surface area (Å²) in [5.74, 6) is 0. The Bertz CT molecular complexity index is 1360. The normalized spacial score (nSPS) is 12.3. The molecule has 0 bridgehead atoms. The SMILES string of the molecule is c1ccc2c(c1)cnc1c3cccc4oc5cccc(c21)c5c43. The molecule has 0 saturated heterocycles. The van der Waals surface area contributed by atoms with Gasteiger partial charge in [0.25, 0.3) is 0 Å². The van der Waals surface area contributed by atoms with Crippen molar-refractivity contribution in [1.29, 1.82) is 0 Å². The Kier molecular flexibility index (Phi) is 1.89. The molecule has 0 N–H and O–H groups in total. The van der Waals surface area contributed by atoms with E-state index in [0.29, 0.717) is 0 Å². The fourth-order valence-corrected chi connectivity index (χ4v) is 3.91. The molecule has 0 fully saturated rings. The predicted octanol–water partition coefficient (Wildman–Crippen LogP) is 5.88. The maximum Gasteiger partial charge on any atom is 0.136 e. The van der Waals surface area contributed by atoms with Crippen LogP contribution in [0.1, 0.15) is 0 Å². The molecule has 2 heteroatoms. The molecule has 23 heavy (non-hydrogen) atoms. The average Bonchev–Trinajstić information content (AvgIpc) is 3.00. The van der Waals surface area contributed by atoms with Crippen LogP contribution in [0.4, 0.5) is 0 Å². The van der Waals surface area contributed by atoms with Crippen LogP contribution in [0.3, 0.4) is 0 Å². The fourth-order valence-electron chi connectivity index (χ4n) is 3.91. The van der Waals surface area contributed by atoms with Crippen molar-refractivity contribution in [2.75, 3.05) is 0 Å². The Hall–Kier alpha value is -3.13. The lowest BCUT2D eigenvalue weighted by molar-refractivity contribution is 0.669. The molecule has 0 amide bonds. The van der Waals surface area contributed by atoms with E-state index in [1.54, 1.807) is 0 Å². The van der Waals surface area contributed by atoms with Gasteiger partial charge < -0.3 is 4.42 Å². The number of hydrogen-bond acceptors (Lipinski definition) is 2. The van der Waals surface area contributed by atoms with E-state index in [1.165, 1.54) is 37.7 Å². The Morgan fingerprint density at radius 1 is 0.609 bits per heavy atom. The van der Waals surface area contributed by atoms with Crippen molar-refractivity contribution in [3.8, 4) is 0 Å². The molecule has 2 heterocycles. The third-order valence-electron chi connectivity index (χ3n) is 4.85. The standard InChI is InChI=1S/C21H11NO/c1-2-6-13-12(5-1)11-22-21-15-8-4-10-17-20(15)19-14(18(13)21)7-3-9-16(19)23-17/h1-11H. The predicted molar refractivity (Wildman–Crippen MR) is 95.2 cm³/mol. The lowest BCUT2D eigenvalue weighted by Gasteiger charge is -2.09. The topological polar surface area (TPSA) is 26.0 Å². The van der Waals surface area contributed by atoms with Gasteiger partial charge >= 0.3 is 0 Å². The molecule has 106 valence electrons. The molecule has 6 aromatic rings. The number of nitrogens with zero attached hydrogens (tertiary/aromatic N) is 1. The largest absolute Gasteiger partial charge is 0.456 e. The molecule has 2 aromatic heterocycles. The van der Waals surface area contributed by atoms with Crippen LogP contribution in [0.2, 0.25) is 0 Å². The molecule has 0 atom stereocenters. The van der Waals surface area contributed by atoms with Crippen LogP contribution in [0.5, 0.6) is 0 Å². The molecule has 0 spiro atoms. The maximum atomic E-state index is 6.07. The second kappa shape index (κ2) is 3.79. The summed E-state index contributed by atoms with van der Waals surface area (Å²) in [6.07, 6.45) is 1.97. The van der Waals surface area contributed by atoms with Crippen LogP contribution < -0.4 is 0 Å². The lowest BCUT2D eigenvalue weighted by Crippen LogP contribution is -1.87. The monoisotopic (exact) mass is 293 g/mol. The summed E-state index contributed by atoms with van der Waals surface area (Å²) < 4.78 is 6.07. The van der Waals surface area contributed by atoms with Crippen LogP contribution in [-0.2, 0) is 0 Å². The maximum absolute atomic E-state index is 6.07. The molecule has 0 aliphatic rings. The highest BCUT2D eigenvalue weighted by molar-refractivity contribution is 6.35. The van der Waals surface area contributed by atoms with E-state index in [1.807, 2.05) is 24.4 Å². The molecule has 0 aliphatic heterocycles. The summed E-state index contributed by atoms with van der Waals surface area (Å²) in [6, 6.07) is 21.0. The number of aromatic nitrogens is 1. The van der Waals surface area contributed by atoms with Crippen LogP contribution in [0.25, 0.3) is 54.4 Å². The van der Waals surface area contributed by atoms with E-state index in [9.17, 15) is 0 Å². The van der Waals surface area contributed by atoms with Crippen molar-refractivity contribution in [3.05, 3.63) is 66.9 Å². The minimum atomic E-state index is 0.936. The summed E-state index contributed by atoms with van der Waals surface area (Å²) >= 11 is 0. The van der Waals surface area contributed by atoms with Crippen molar-refractivity contribution in [1.82, 2.24) is 4.98 Å². The number of fused-ring (bicyclic) bond motifs is 5. The van der Waals surface area contributed by atoms with E-state index >= 15 is 0 Å². The molecular formula is C21H11NO. The van der Waals surface area contributed by atoms with Gasteiger partial charge in [-0.1, -0.05) is 48.5 Å². The minimum absolute atomic E-state index is 0.936. The van der Waals surface area contributed by atoms with Crippen LogP contribution in [-0.4, -0.2) is 4.98 Å². The molecule has 0 unspecified atom stereocenters. The zero-order valence-electron chi connectivity index (χ0n) is 12.2. The molecule has 2 nitrogen and oxygen atoms in total. The van der Waals surface area contributed by atoms with Gasteiger partial charge in [-0.3, -0.25) is 4.98 Å². The van der Waals surface area contributed by atoms with Gasteiger partial charge in [0.05, 0.1) is 5.52 Å². The lowest BCUT2D eigenvalue weighted by atomic mass is 9.94. The molecule has 4 aromatic carbocycles. The van der Waals surface area contributed by atoms with E-state index in [-0.39, 0.29) is 0 Å². The highest BCUT2D eigenvalue weighted by Gasteiger charge is 2.18. The van der Waals surface area contributed by atoms with Gasteiger partial charge in [-0.2, -0.15) is 0 Å². The highest BCUT2D eigenvalue weighted by atomic mass is 16.3. The van der Waals surface area contributed by atoms with Crippen molar-refractivity contribution in [2.45, 2.75) is 0 Å². The van der Waals surface area contributed by atoms with Crippen molar-refractivity contribution >= 4 is 54.4 Å². The van der Waals surface area contributed by atoms with Crippen LogP contribution >= 0.6 is 0 Å². The van der Waals surface area contributed by atoms with E-state index < -0.39 is 0 Å². The van der Waals surface area contributed by atoms with E-state index in [0.717, 1.165) is 16.7 Å². The molecule has 0 aliphatic carbocycles. The summed E-state index contributed by atoms with van der Waals surface area (Å²) in [7, 11) is 0. The van der Waals surface area contributed by atoms with Crippen LogP contribution in [0.15, 0.2) is 71.3 Å². The fraction of sp³-hybridized carbons (Fsp3) is 0. The summed E-state index contributed by atoms with van der Waals surface area (Å²) in [4.78, 5) is 4.80. The first-order valence-electron chi connectivity index (χ1n) is 7.74. The zero-order valence-corrected chi connectivity index (χ0v) is 12.2. The first-order chi connectivity index (χ1) is 11.4. The second-order valence-electron chi connectivity index (χ2n) is 6.03. The number of rotatable bonds is 0. The molecule has 0 radical (unpaired) electrons. The Morgan fingerprint density at radius 3 is 2.17 bits per heavy atom. The Morgan fingerprint density at radius 2 is 1.30 bits per heavy atom. The third kappa shape index (κ3) is 1.28. The highest BCUT2D eigenvalue weighted by Crippen LogP contribution is 2.43. The van der Waals surface area contributed by atoms with Crippen LogP contribution in [0, 0.1) is 0 Å². The van der Waals surface area contributed by atoms with Crippen molar-refractivity contribution < 1.29 is 4.42 Å². The molecule has 6 rings (SSSR count). The number of hydrogen-bond donors (Lipinski definition) is 0. The van der Waals surface area contributed by atoms with Gasteiger partial charge in [0, 0.05) is 33.1 Å². The first kappa shape index (κ1) is 11.4. The zero-order chi connectivity index (χ0) is 15.0. The van der Waals surface area contributed by atoms with Crippen molar-refractivity contribution in [3.63, 3.8) is 0 Å². The van der Waals surface area contributed by atoms with Gasteiger partial charge in [-0.15, -0.1) is 0 Å². The van der Waals surface area contributed by atoms with Gasteiger partial charge in [0.15, 0.2) is 0 Å². The third-order valence-corrected chi connectivity index (χ3v) is 4.85. The summed E-state index contributed by atoms with van der Waals surface area (Å²) in [5.41, 5.74) is 2.93. The first-order valence-corrected chi connectivity index (χ1v) is 7.74. The minimum Gasteiger partial charge on any atom is -0.456 e. The summed E-state index contributed by atoms with van der Waals surface area (Å²) in [6.45, 7) is 0. The van der Waals surface area contributed by atoms with Crippen molar-refractivity contribution in [2.24, 2.45) is 0 Å². The molecule has 0 saturated carbocycles. The van der Waals surface area contributed by atoms with Gasteiger partial charge in [0.2, 0.25) is 0 Å². The summed E-state index contributed by atoms with van der Waals surface area (Å²) in [5, 5.41) is 8.42. The van der Waals surface area contributed by atoms with E-state index in [4.69, 9.17) is 9.40 Å². The second-order valence-corrected chi connectivity index (χ2v) is 6.03. The number of pyridine rings is 1. The van der Waals surface area contributed by atoms with Gasteiger partial charge in [-0.05, 0) is 22.9 Å². The Labute approximate surface area is 131 Å².